The second-order valence-electron chi connectivity index (χ2n) is 5.81. The standard InChI is InChI=1S/C19H16F2N4O/c1-11-3-6-16(12(2)7-11)25-19(26)17-9-23-18(10-22-17)24-13-4-5-14(20)15(21)8-13/h3-10H,1-2H3,(H,23,24)(H,25,26). The maximum atomic E-state index is 13.2. The van der Waals surface area contributed by atoms with Crippen LogP contribution in [0.5, 0.6) is 0 Å². The van der Waals surface area contributed by atoms with Gasteiger partial charge in [0.15, 0.2) is 11.6 Å². The van der Waals surface area contributed by atoms with Crippen molar-refractivity contribution in [2.45, 2.75) is 13.8 Å². The maximum absolute atomic E-state index is 13.2. The number of carbonyl (C=O) groups is 1. The zero-order valence-electron chi connectivity index (χ0n) is 14.2. The van der Waals surface area contributed by atoms with Crippen LogP contribution < -0.4 is 10.6 Å². The largest absolute Gasteiger partial charge is 0.339 e. The fraction of sp³-hybridized carbons (Fsp3) is 0.105. The predicted molar refractivity (Wildman–Crippen MR) is 95.5 cm³/mol. The Kier molecular flexibility index (Phi) is 4.88. The molecule has 0 radical (unpaired) electrons. The monoisotopic (exact) mass is 354 g/mol. The molecule has 5 nitrogen and oxygen atoms in total. The molecular weight excluding hydrogens is 338 g/mol. The van der Waals surface area contributed by atoms with E-state index in [1.54, 1.807) is 0 Å². The van der Waals surface area contributed by atoms with Gasteiger partial charge in [0.05, 0.1) is 12.4 Å². The summed E-state index contributed by atoms with van der Waals surface area (Å²) in [5.41, 5.74) is 3.22. The Labute approximate surface area is 149 Å². The molecule has 2 aromatic carbocycles. The summed E-state index contributed by atoms with van der Waals surface area (Å²) >= 11 is 0. The molecule has 0 atom stereocenters. The molecule has 0 unspecified atom stereocenters. The van der Waals surface area contributed by atoms with Crippen molar-refractivity contribution in [3.05, 3.63) is 77.2 Å². The third kappa shape index (κ3) is 4.00. The van der Waals surface area contributed by atoms with E-state index >= 15 is 0 Å². The van der Waals surface area contributed by atoms with Crippen LogP contribution in [0, 0.1) is 25.5 Å². The Morgan fingerprint density at radius 3 is 2.42 bits per heavy atom. The lowest BCUT2D eigenvalue weighted by molar-refractivity contribution is 0.102. The number of hydrogen-bond donors (Lipinski definition) is 2. The minimum absolute atomic E-state index is 0.140. The molecule has 2 N–H and O–H groups in total. The first-order chi connectivity index (χ1) is 12.4. The molecule has 1 amide bonds. The van der Waals surface area contributed by atoms with Gasteiger partial charge in [0, 0.05) is 17.4 Å². The number of hydrogen-bond acceptors (Lipinski definition) is 4. The van der Waals surface area contributed by atoms with E-state index in [-0.39, 0.29) is 11.6 Å². The molecule has 0 aliphatic heterocycles. The van der Waals surface area contributed by atoms with Crippen LogP contribution in [0.3, 0.4) is 0 Å². The lowest BCUT2D eigenvalue weighted by Crippen LogP contribution is -2.15. The summed E-state index contributed by atoms with van der Waals surface area (Å²) in [6, 6.07) is 9.10. The lowest BCUT2D eigenvalue weighted by Gasteiger charge is -2.09. The summed E-state index contributed by atoms with van der Waals surface area (Å²) in [5, 5.41) is 5.57. The van der Waals surface area contributed by atoms with Gasteiger partial charge in [0.25, 0.3) is 5.91 Å². The van der Waals surface area contributed by atoms with E-state index in [0.29, 0.717) is 17.2 Å². The highest BCUT2D eigenvalue weighted by molar-refractivity contribution is 6.03. The second kappa shape index (κ2) is 7.26. The molecule has 132 valence electrons. The molecular formula is C19H16F2N4O. The summed E-state index contributed by atoms with van der Waals surface area (Å²) < 4.78 is 26.1. The third-order valence-electron chi connectivity index (χ3n) is 3.71. The normalized spacial score (nSPS) is 10.5. The number of rotatable bonds is 4. The van der Waals surface area contributed by atoms with E-state index in [1.807, 2.05) is 32.0 Å². The summed E-state index contributed by atoms with van der Waals surface area (Å²) in [7, 11) is 0. The second-order valence-corrected chi connectivity index (χ2v) is 5.81. The highest BCUT2D eigenvalue weighted by Gasteiger charge is 2.10. The van der Waals surface area contributed by atoms with Crippen LogP contribution >= 0.6 is 0 Å². The summed E-state index contributed by atoms with van der Waals surface area (Å²) in [6.45, 7) is 3.88. The SMILES string of the molecule is Cc1ccc(NC(=O)c2cnc(Nc3ccc(F)c(F)c3)cn2)c(C)c1. The number of nitrogens with zero attached hydrogens (tertiary/aromatic N) is 2. The van der Waals surface area contributed by atoms with Gasteiger partial charge in [-0.2, -0.15) is 0 Å². The Bertz CT molecular complexity index is 958. The topological polar surface area (TPSA) is 66.9 Å². The Morgan fingerprint density at radius 1 is 0.962 bits per heavy atom. The van der Waals surface area contributed by atoms with Gasteiger partial charge in [0.2, 0.25) is 0 Å². The highest BCUT2D eigenvalue weighted by Crippen LogP contribution is 2.18. The molecule has 7 heteroatoms. The van der Waals surface area contributed by atoms with Gasteiger partial charge in [-0.05, 0) is 37.6 Å². The smallest absolute Gasteiger partial charge is 0.275 e. The highest BCUT2D eigenvalue weighted by atomic mass is 19.2. The number of nitrogens with one attached hydrogen (secondary N) is 2. The van der Waals surface area contributed by atoms with E-state index in [2.05, 4.69) is 20.6 Å². The van der Waals surface area contributed by atoms with Crippen LogP contribution in [0.15, 0.2) is 48.8 Å². The number of aryl methyl sites for hydroxylation is 2. The van der Waals surface area contributed by atoms with Crippen LogP contribution in [0.25, 0.3) is 0 Å². The molecule has 1 heterocycles. The Balaban J connectivity index is 1.70. The van der Waals surface area contributed by atoms with Gasteiger partial charge in [-0.15, -0.1) is 0 Å². The van der Waals surface area contributed by atoms with Crippen molar-refractivity contribution in [1.82, 2.24) is 9.97 Å². The van der Waals surface area contributed by atoms with E-state index in [4.69, 9.17) is 0 Å². The molecule has 0 saturated heterocycles. The molecule has 3 aromatic rings. The van der Waals surface area contributed by atoms with Gasteiger partial charge in [-0.25, -0.2) is 18.7 Å². The number of aromatic nitrogens is 2. The summed E-state index contributed by atoms with van der Waals surface area (Å²) in [4.78, 5) is 20.4. The molecule has 26 heavy (non-hydrogen) atoms. The van der Waals surface area contributed by atoms with Crippen LogP contribution in [0.4, 0.5) is 26.0 Å². The molecule has 3 rings (SSSR count). The zero-order valence-corrected chi connectivity index (χ0v) is 14.2. The van der Waals surface area contributed by atoms with Crippen molar-refractivity contribution in [1.29, 1.82) is 0 Å². The summed E-state index contributed by atoms with van der Waals surface area (Å²) in [5.74, 6) is -1.98. The summed E-state index contributed by atoms with van der Waals surface area (Å²) in [6.07, 6.45) is 2.65. The number of anilines is 3. The number of amides is 1. The number of halogens is 2. The minimum Gasteiger partial charge on any atom is -0.339 e. The van der Waals surface area contributed by atoms with E-state index in [9.17, 15) is 13.6 Å². The first-order valence-corrected chi connectivity index (χ1v) is 7.85. The number of carbonyl (C=O) groups excluding carboxylic acids is 1. The molecule has 0 bridgehead atoms. The van der Waals surface area contributed by atoms with E-state index in [1.165, 1.54) is 18.5 Å². The van der Waals surface area contributed by atoms with Crippen LogP contribution in [-0.4, -0.2) is 15.9 Å². The van der Waals surface area contributed by atoms with Crippen LogP contribution in [-0.2, 0) is 0 Å². The molecule has 0 aliphatic rings. The molecule has 1 aromatic heterocycles. The molecule has 0 spiro atoms. The van der Waals surface area contributed by atoms with Gasteiger partial charge >= 0.3 is 0 Å². The minimum atomic E-state index is -0.965. The molecule has 0 aliphatic carbocycles. The van der Waals surface area contributed by atoms with E-state index < -0.39 is 11.6 Å². The predicted octanol–water partition coefficient (Wildman–Crippen LogP) is 4.37. The van der Waals surface area contributed by atoms with Gasteiger partial charge in [-0.3, -0.25) is 4.79 Å². The van der Waals surface area contributed by atoms with Crippen molar-refractivity contribution >= 4 is 23.1 Å². The Morgan fingerprint density at radius 2 is 1.77 bits per heavy atom. The average Bonchev–Trinajstić information content (AvgIpc) is 2.61. The maximum Gasteiger partial charge on any atom is 0.275 e. The third-order valence-corrected chi connectivity index (χ3v) is 3.71. The zero-order chi connectivity index (χ0) is 18.7. The van der Waals surface area contributed by atoms with Crippen molar-refractivity contribution in [2.24, 2.45) is 0 Å². The van der Waals surface area contributed by atoms with E-state index in [0.717, 1.165) is 23.3 Å². The van der Waals surface area contributed by atoms with Gasteiger partial charge in [0.1, 0.15) is 11.5 Å². The van der Waals surface area contributed by atoms with Crippen LogP contribution in [0.1, 0.15) is 21.6 Å². The average molecular weight is 354 g/mol. The van der Waals surface area contributed by atoms with Gasteiger partial charge < -0.3 is 10.6 Å². The van der Waals surface area contributed by atoms with Crippen molar-refractivity contribution in [3.63, 3.8) is 0 Å². The fourth-order valence-electron chi connectivity index (χ4n) is 2.37. The molecule has 0 fully saturated rings. The van der Waals surface area contributed by atoms with Crippen molar-refractivity contribution in [2.75, 3.05) is 10.6 Å². The molecule has 0 saturated carbocycles. The van der Waals surface area contributed by atoms with Crippen molar-refractivity contribution < 1.29 is 13.6 Å². The fourth-order valence-corrected chi connectivity index (χ4v) is 2.37. The first-order valence-electron chi connectivity index (χ1n) is 7.85. The Hall–Kier alpha value is -3.35. The quantitative estimate of drug-likeness (QED) is 0.730. The van der Waals surface area contributed by atoms with Crippen molar-refractivity contribution in [3.8, 4) is 0 Å². The first kappa shape index (κ1) is 17.5. The van der Waals surface area contributed by atoms with Gasteiger partial charge in [-0.1, -0.05) is 17.7 Å². The number of benzene rings is 2. The lowest BCUT2D eigenvalue weighted by atomic mass is 10.1. The van der Waals surface area contributed by atoms with Crippen LogP contribution in [0.2, 0.25) is 0 Å².